The number of nitrogens with one attached hydrogen (secondary N) is 1. The number of methoxy groups -OCH3 is 1. The molecule has 3 rings (SSSR count). The molecule has 0 aliphatic heterocycles. The third-order valence-electron chi connectivity index (χ3n) is 5.07. The number of carbonyl (C=O) groups excluding carboxylic acids is 1. The molecule has 2 atom stereocenters. The van der Waals surface area contributed by atoms with Gasteiger partial charge >= 0.3 is 6.18 Å². The molecule has 0 bridgehead atoms. The molecule has 3 N–H and O–H groups in total. The maximum Gasteiger partial charge on any atom is 0.422 e. The number of nitrogens with two attached hydrogens (primary N) is 1. The fourth-order valence-electron chi connectivity index (χ4n) is 3.45. The van der Waals surface area contributed by atoms with Gasteiger partial charge in [-0.05, 0) is 23.3 Å². The molecule has 0 saturated heterocycles. The van der Waals surface area contributed by atoms with Crippen LogP contribution in [-0.4, -0.2) is 19.1 Å². The summed E-state index contributed by atoms with van der Waals surface area (Å²) in [7, 11) is 1.41. The third-order valence-corrected chi connectivity index (χ3v) is 5.07. The Morgan fingerprint density at radius 2 is 1.44 bits per heavy atom. The first-order valence-electron chi connectivity index (χ1n) is 9.65. The number of rotatable bonds is 6. The lowest BCUT2D eigenvalue weighted by Gasteiger charge is -2.25. The average Bonchev–Trinajstić information content (AvgIpc) is 2.80. The van der Waals surface area contributed by atoms with Crippen molar-refractivity contribution in [1.29, 1.82) is 0 Å². The number of benzene rings is 3. The van der Waals surface area contributed by atoms with Crippen molar-refractivity contribution >= 4 is 11.6 Å². The molecule has 3 aromatic carbocycles. The minimum Gasteiger partial charge on any atom is -0.497 e. The molecular weight excluding hydrogens is 469 g/mol. The van der Waals surface area contributed by atoms with Gasteiger partial charge in [0, 0.05) is 5.92 Å². The smallest absolute Gasteiger partial charge is 0.422 e. The van der Waals surface area contributed by atoms with Crippen molar-refractivity contribution in [3.8, 4) is 5.75 Å². The molecule has 11 heteroatoms. The van der Waals surface area contributed by atoms with Crippen molar-refractivity contribution in [2.75, 3.05) is 12.4 Å². The zero-order valence-electron chi connectivity index (χ0n) is 17.4. The van der Waals surface area contributed by atoms with Crippen LogP contribution in [0.15, 0.2) is 54.6 Å². The molecular formula is C23H17F7N2O2. The number of hydrogen-bond donors (Lipinski definition) is 2. The van der Waals surface area contributed by atoms with E-state index in [1.54, 1.807) is 59.9 Å². The maximum absolute atomic E-state index is 14.2. The first-order valence-corrected chi connectivity index (χ1v) is 9.65. The van der Waals surface area contributed by atoms with Gasteiger partial charge in [0.2, 0.25) is 5.91 Å². The van der Waals surface area contributed by atoms with E-state index in [9.17, 15) is 35.5 Å². The van der Waals surface area contributed by atoms with Crippen LogP contribution in [0.4, 0.5) is 36.4 Å². The molecule has 0 fully saturated rings. The second kappa shape index (κ2) is 9.72. The number of anilines is 1. The fourth-order valence-corrected chi connectivity index (χ4v) is 3.45. The van der Waals surface area contributed by atoms with Gasteiger partial charge in [0.05, 0.1) is 13.2 Å². The van der Waals surface area contributed by atoms with Crippen molar-refractivity contribution in [1.82, 2.24) is 0 Å². The van der Waals surface area contributed by atoms with Gasteiger partial charge in [-0.3, -0.25) is 4.79 Å². The summed E-state index contributed by atoms with van der Waals surface area (Å²) >= 11 is 0. The summed E-state index contributed by atoms with van der Waals surface area (Å²) in [6.07, 6.45) is -5.71. The standard InChI is InChI=1S/C23H17F7N2O2/c1-34-13-9-5-8-12(10-13)14(11-6-3-2-4-7-11)20(31)22(33)32-21-18(26)16(24)15(23(28,29)30)17(25)19(21)27/h2-10,14,20H,31H2,1H3,(H,32,33)/t14?,20-/m0/s1. The predicted molar refractivity (Wildman–Crippen MR) is 109 cm³/mol. The van der Waals surface area contributed by atoms with Gasteiger partial charge < -0.3 is 15.8 Å². The van der Waals surface area contributed by atoms with E-state index >= 15 is 0 Å². The van der Waals surface area contributed by atoms with Crippen molar-refractivity contribution in [2.24, 2.45) is 5.73 Å². The SMILES string of the molecule is COc1cccc(C(c2ccccc2)[C@H](N)C(=O)Nc2c(F)c(F)c(C(F)(F)F)c(F)c2F)c1. The van der Waals surface area contributed by atoms with Gasteiger partial charge in [-0.25, -0.2) is 17.6 Å². The Morgan fingerprint density at radius 1 is 0.882 bits per heavy atom. The molecule has 0 spiro atoms. The molecule has 1 amide bonds. The lowest BCUT2D eigenvalue weighted by molar-refractivity contribution is -0.143. The van der Waals surface area contributed by atoms with Crippen LogP contribution in [0, 0.1) is 23.3 Å². The van der Waals surface area contributed by atoms with E-state index in [0.29, 0.717) is 16.9 Å². The van der Waals surface area contributed by atoms with E-state index in [2.05, 4.69) is 0 Å². The fraction of sp³-hybridized carbons (Fsp3) is 0.174. The van der Waals surface area contributed by atoms with E-state index in [1.165, 1.54) is 7.11 Å². The summed E-state index contributed by atoms with van der Waals surface area (Å²) in [6.45, 7) is 0. The Labute approximate surface area is 189 Å². The summed E-state index contributed by atoms with van der Waals surface area (Å²) in [6, 6.07) is 13.0. The van der Waals surface area contributed by atoms with Crippen molar-refractivity contribution in [3.63, 3.8) is 0 Å². The molecule has 3 aromatic rings. The second-order valence-corrected chi connectivity index (χ2v) is 7.18. The highest BCUT2D eigenvalue weighted by Crippen LogP contribution is 2.39. The molecule has 0 aliphatic rings. The summed E-state index contributed by atoms with van der Waals surface area (Å²) in [4.78, 5) is 12.8. The monoisotopic (exact) mass is 486 g/mol. The number of ether oxygens (including phenoxy) is 1. The molecule has 1 unspecified atom stereocenters. The van der Waals surface area contributed by atoms with Crippen molar-refractivity contribution in [2.45, 2.75) is 18.1 Å². The summed E-state index contributed by atoms with van der Waals surface area (Å²) in [5, 5.41) is 1.59. The number of hydrogen-bond acceptors (Lipinski definition) is 3. The van der Waals surface area contributed by atoms with Crippen LogP contribution in [0.25, 0.3) is 0 Å². The van der Waals surface area contributed by atoms with Crippen molar-refractivity contribution in [3.05, 3.63) is 94.6 Å². The van der Waals surface area contributed by atoms with Crippen LogP contribution in [0.2, 0.25) is 0 Å². The lowest BCUT2D eigenvalue weighted by atomic mass is 9.85. The highest BCUT2D eigenvalue weighted by molar-refractivity contribution is 5.96. The third kappa shape index (κ3) is 4.84. The van der Waals surface area contributed by atoms with Crippen LogP contribution >= 0.6 is 0 Å². The van der Waals surface area contributed by atoms with Crippen LogP contribution in [-0.2, 0) is 11.0 Å². The van der Waals surface area contributed by atoms with Crippen LogP contribution in [0.5, 0.6) is 5.75 Å². The molecule has 0 saturated carbocycles. The van der Waals surface area contributed by atoms with Gasteiger partial charge in [-0.2, -0.15) is 13.2 Å². The van der Waals surface area contributed by atoms with Crippen LogP contribution in [0.1, 0.15) is 22.6 Å². The minimum atomic E-state index is -5.71. The zero-order valence-corrected chi connectivity index (χ0v) is 17.4. The highest BCUT2D eigenvalue weighted by Gasteiger charge is 2.43. The van der Waals surface area contributed by atoms with E-state index in [0.717, 1.165) is 0 Å². The Balaban J connectivity index is 2.03. The molecule has 0 heterocycles. The number of amides is 1. The molecule has 0 radical (unpaired) electrons. The van der Waals surface area contributed by atoms with Gasteiger partial charge in [-0.15, -0.1) is 0 Å². The molecule has 180 valence electrons. The lowest BCUT2D eigenvalue weighted by Crippen LogP contribution is -2.41. The van der Waals surface area contributed by atoms with Crippen LogP contribution < -0.4 is 15.8 Å². The van der Waals surface area contributed by atoms with Gasteiger partial charge in [0.1, 0.15) is 17.0 Å². The molecule has 4 nitrogen and oxygen atoms in total. The summed E-state index contributed by atoms with van der Waals surface area (Å²) in [5.74, 6) is -12.0. The second-order valence-electron chi connectivity index (χ2n) is 7.18. The first kappa shape index (κ1) is 25.0. The van der Waals surface area contributed by atoms with Gasteiger partial charge in [-0.1, -0.05) is 42.5 Å². The largest absolute Gasteiger partial charge is 0.497 e. The highest BCUT2D eigenvalue weighted by atomic mass is 19.4. The van der Waals surface area contributed by atoms with E-state index in [-0.39, 0.29) is 0 Å². The Morgan fingerprint density at radius 3 is 1.97 bits per heavy atom. The molecule has 0 aliphatic carbocycles. The van der Waals surface area contributed by atoms with Crippen LogP contribution in [0.3, 0.4) is 0 Å². The minimum absolute atomic E-state index is 0.412. The number of halogens is 7. The molecule has 0 aromatic heterocycles. The Kier molecular flexibility index (Phi) is 7.15. The predicted octanol–water partition coefficient (Wildman–Crippen LogP) is 5.37. The number of alkyl halides is 3. The maximum atomic E-state index is 14.2. The Hall–Kier alpha value is -3.60. The zero-order chi connectivity index (χ0) is 25.2. The summed E-state index contributed by atoms with van der Waals surface area (Å²) < 4.78 is 99.9. The number of carbonyl (C=O) groups is 1. The van der Waals surface area contributed by atoms with Crippen molar-refractivity contribution < 1.29 is 40.3 Å². The van der Waals surface area contributed by atoms with Gasteiger partial charge in [0.25, 0.3) is 0 Å². The van der Waals surface area contributed by atoms with E-state index < -0.39 is 58.6 Å². The summed E-state index contributed by atoms with van der Waals surface area (Å²) in [5.41, 5.74) is 2.57. The quantitative estimate of drug-likeness (QED) is 0.364. The van der Waals surface area contributed by atoms with E-state index in [1.807, 2.05) is 0 Å². The van der Waals surface area contributed by atoms with Gasteiger partial charge in [0.15, 0.2) is 23.3 Å². The topological polar surface area (TPSA) is 64.3 Å². The normalized spacial score (nSPS) is 13.3. The Bertz CT molecular complexity index is 1170. The van der Waals surface area contributed by atoms with E-state index in [4.69, 9.17) is 10.5 Å². The average molecular weight is 486 g/mol. The first-order chi connectivity index (χ1) is 16.0. The molecule has 34 heavy (non-hydrogen) atoms.